The van der Waals surface area contributed by atoms with Gasteiger partial charge >= 0.3 is 12.2 Å². The molecule has 4 nitrogen and oxygen atoms in total. The Morgan fingerprint density at radius 2 is 2.06 bits per heavy atom. The van der Waals surface area contributed by atoms with Crippen molar-refractivity contribution >= 4 is 6.03 Å². The van der Waals surface area contributed by atoms with Gasteiger partial charge in [0.05, 0.1) is 5.56 Å². The molecule has 1 heterocycles. The molecule has 0 aliphatic carbocycles. The molecule has 1 unspecified atom stereocenters. The summed E-state index contributed by atoms with van der Waals surface area (Å²) < 4.78 is 43.3. The minimum atomic E-state index is -4.49. The average Bonchev–Trinajstić information content (AvgIpc) is 2.22. The van der Waals surface area contributed by atoms with E-state index >= 15 is 0 Å². The van der Waals surface area contributed by atoms with E-state index in [0.29, 0.717) is 13.0 Å². The van der Waals surface area contributed by atoms with E-state index in [1.807, 2.05) is 0 Å². The van der Waals surface area contributed by atoms with Crippen LogP contribution in [0, 0.1) is 0 Å². The number of hydrogen-bond acceptors (Lipinski definition) is 2. The molecular weight excluding hydrogens is 249 g/mol. The van der Waals surface area contributed by atoms with Crippen molar-refractivity contribution in [2.75, 3.05) is 6.54 Å². The summed E-state index contributed by atoms with van der Waals surface area (Å²) in [5.74, 6) is -0.291. The van der Waals surface area contributed by atoms with Gasteiger partial charge in [0.2, 0.25) is 0 Å². The Labute approximate surface area is 101 Å². The zero-order valence-electron chi connectivity index (χ0n) is 9.28. The van der Waals surface area contributed by atoms with Crippen LogP contribution in [-0.2, 0) is 6.18 Å². The molecular formula is C11H11F3N2O2. The minimum absolute atomic E-state index is 0.291. The Hall–Kier alpha value is -1.92. The molecule has 0 bridgehead atoms. The van der Waals surface area contributed by atoms with Crippen LogP contribution in [0.25, 0.3) is 0 Å². The van der Waals surface area contributed by atoms with E-state index in [2.05, 4.69) is 0 Å². The van der Waals surface area contributed by atoms with Gasteiger partial charge < -0.3 is 10.5 Å². The van der Waals surface area contributed by atoms with Gasteiger partial charge in [-0.05, 0) is 12.1 Å². The second-order valence-corrected chi connectivity index (χ2v) is 3.89. The summed E-state index contributed by atoms with van der Waals surface area (Å²) in [6, 6.07) is 4.18. The Morgan fingerprint density at radius 3 is 2.56 bits per heavy atom. The number of likely N-dealkylation sites (tertiary alicyclic amines) is 1. The standard InChI is InChI=1S/C11H11F3N2O2/c12-11(13,14)7-3-1-2-4-8(7)18-9-5-6-16(9)10(15)17/h1-4,9H,5-6H2,(H2,15,17). The molecule has 1 aliphatic heterocycles. The van der Waals surface area contributed by atoms with Gasteiger partial charge in [-0.3, -0.25) is 4.90 Å². The minimum Gasteiger partial charge on any atom is -0.470 e. The highest BCUT2D eigenvalue weighted by Crippen LogP contribution is 2.37. The lowest BCUT2D eigenvalue weighted by molar-refractivity contribution is -0.140. The summed E-state index contributed by atoms with van der Waals surface area (Å²) in [6.45, 7) is 0.397. The molecule has 0 radical (unpaired) electrons. The molecule has 98 valence electrons. The van der Waals surface area contributed by atoms with Gasteiger partial charge in [-0.15, -0.1) is 0 Å². The highest BCUT2D eigenvalue weighted by molar-refractivity contribution is 5.73. The number of halogens is 3. The Balaban J connectivity index is 2.17. The first-order chi connectivity index (χ1) is 8.39. The van der Waals surface area contributed by atoms with E-state index in [1.54, 1.807) is 0 Å². The summed E-state index contributed by atoms with van der Waals surface area (Å²) in [4.78, 5) is 12.1. The smallest absolute Gasteiger partial charge is 0.419 e. The van der Waals surface area contributed by atoms with E-state index in [0.717, 1.165) is 6.07 Å². The molecule has 7 heteroatoms. The number of urea groups is 1. The average molecular weight is 260 g/mol. The summed E-state index contributed by atoms with van der Waals surface area (Å²) >= 11 is 0. The molecule has 2 rings (SSSR count). The first kappa shape index (κ1) is 12.5. The summed E-state index contributed by atoms with van der Waals surface area (Å²) in [7, 11) is 0. The molecule has 1 aliphatic rings. The maximum absolute atomic E-state index is 12.7. The quantitative estimate of drug-likeness (QED) is 0.886. The highest BCUT2D eigenvalue weighted by Gasteiger charge is 2.37. The van der Waals surface area contributed by atoms with E-state index in [1.165, 1.54) is 23.1 Å². The lowest BCUT2D eigenvalue weighted by Crippen LogP contribution is -2.56. The van der Waals surface area contributed by atoms with Crippen LogP contribution < -0.4 is 10.5 Å². The van der Waals surface area contributed by atoms with Gasteiger partial charge in [-0.25, -0.2) is 4.79 Å². The number of para-hydroxylation sites is 1. The number of carbonyl (C=O) groups is 1. The number of benzene rings is 1. The topological polar surface area (TPSA) is 55.6 Å². The number of nitrogens with two attached hydrogens (primary N) is 1. The van der Waals surface area contributed by atoms with Crippen molar-refractivity contribution < 1.29 is 22.7 Å². The molecule has 18 heavy (non-hydrogen) atoms. The van der Waals surface area contributed by atoms with Crippen molar-refractivity contribution in [2.45, 2.75) is 18.8 Å². The van der Waals surface area contributed by atoms with Gasteiger partial charge in [0.25, 0.3) is 0 Å². The van der Waals surface area contributed by atoms with Crippen LogP contribution >= 0.6 is 0 Å². The van der Waals surface area contributed by atoms with Crippen LogP contribution in [0.4, 0.5) is 18.0 Å². The molecule has 1 atom stereocenters. The van der Waals surface area contributed by atoms with Gasteiger partial charge in [-0.2, -0.15) is 13.2 Å². The summed E-state index contributed by atoms with van der Waals surface area (Å²) in [6.07, 6.45) is -4.74. The SMILES string of the molecule is NC(=O)N1CCC1Oc1ccccc1C(F)(F)F. The van der Waals surface area contributed by atoms with Crippen LogP contribution in [0.5, 0.6) is 5.75 Å². The van der Waals surface area contributed by atoms with E-state index < -0.39 is 24.0 Å². The Kier molecular flexibility index (Phi) is 3.06. The van der Waals surface area contributed by atoms with Crippen LogP contribution in [0.15, 0.2) is 24.3 Å². The predicted molar refractivity (Wildman–Crippen MR) is 56.8 cm³/mol. The number of carbonyl (C=O) groups excluding carboxylic acids is 1. The molecule has 1 saturated heterocycles. The first-order valence-electron chi connectivity index (χ1n) is 5.28. The molecule has 0 spiro atoms. The number of hydrogen-bond donors (Lipinski definition) is 1. The van der Waals surface area contributed by atoms with Gasteiger partial charge in [0.1, 0.15) is 5.75 Å². The number of rotatable bonds is 2. The molecule has 2 amide bonds. The van der Waals surface area contributed by atoms with E-state index in [9.17, 15) is 18.0 Å². The third kappa shape index (κ3) is 2.34. The van der Waals surface area contributed by atoms with Gasteiger partial charge in [0, 0.05) is 13.0 Å². The number of primary amides is 1. The second kappa shape index (κ2) is 4.40. The zero-order chi connectivity index (χ0) is 13.3. The maximum atomic E-state index is 12.7. The molecule has 0 aromatic heterocycles. The third-order valence-corrected chi connectivity index (χ3v) is 2.70. The van der Waals surface area contributed by atoms with Crippen LogP contribution in [0.1, 0.15) is 12.0 Å². The highest BCUT2D eigenvalue weighted by atomic mass is 19.4. The fraction of sp³-hybridized carbons (Fsp3) is 0.364. The maximum Gasteiger partial charge on any atom is 0.419 e. The van der Waals surface area contributed by atoms with Crippen LogP contribution in [-0.4, -0.2) is 23.7 Å². The van der Waals surface area contributed by atoms with Crippen molar-refractivity contribution in [3.8, 4) is 5.75 Å². The third-order valence-electron chi connectivity index (χ3n) is 2.70. The summed E-state index contributed by atoms with van der Waals surface area (Å²) in [5, 5.41) is 0. The lowest BCUT2D eigenvalue weighted by atomic mass is 10.1. The fourth-order valence-corrected chi connectivity index (χ4v) is 1.69. The first-order valence-corrected chi connectivity index (χ1v) is 5.28. The number of amides is 2. The zero-order valence-corrected chi connectivity index (χ0v) is 9.28. The van der Waals surface area contributed by atoms with Crippen LogP contribution in [0.2, 0.25) is 0 Å². The summed E-state index contributed by atoms with van der Waals surface area (Å²) in [5.41, 5.74) is 4.19. The molecule has 0 saturated carbocycles. The molecule has 1 aromatic carbocycles. The fourth-order valence-electron chi connectivity index (χ4n) is 1.69. The van der Waals surface area contributed by atoms with Gasteiger partial charge in [-0.1, -0.05) is 12.1 Å². The number of alkyl halides is 3. The van der Waals surface area contributed by atoms with Crippen molar-refractivity contribution in [2.24, 2.45) is 5.73 Å². The monoisotopic (exact) mass is 260 g/mol. The number of ether oxygens (including phenoxy) is 1. The van der Waals surface area contributed by atoms with E-state index in [4.69, 9.17) is 10.5 Å². The van der Waals surface area contributed by atoms with Crippen LogP contribution in [0.3, 0.4) is 0 Å². The predicted octanol–water partition coefficient (Wildman–Crippen LogP) is 2.19. The Bertz CT molecular complexity index is 462. The Morgan fingerprint density at radius 1 is 1.39 bits per heavy atom. The second-order valence-electron chi connectivity index (χ2n) is 3.89. The molecule has 1 fully saturated rings. The normalized spacial score (nSPS) is 19.3. The molecule has 1 aromatic rings. The van der Waals surface area contributed by atoms with Gasteiger partial charge in [0.15, 0.2) is 6.23 Å². The molecule has 2 N–H and O–H groups in total. The van der Waals surface area contributed by atoms with E-state index in [-0.39, 0.29) is 5.75 Å². The largest absolute Gasteiger partial charge is 0.470 e. The van der Waals surface area contributed by atoms with Crippen molar-refractivity contribution in [3.05, 3.63) is 29.8 Å². The van der Waals surface area contributed by atoms with Crippen molar-refractivity contribution in [3.63, 3.8) is 0 Å². The lowest BCUT2D eigenvalue weighted by Gasteiger charge is -2.39. The van der Waals surface area contributed by atoms with Crippen molar-refractivity contribution in [1.82, 2.24) is 4.90 Å². The van der Waals surface area contributed by atoms with Crippen molar-refractivity contribution in [1.29, 1.82) is 0 Å². The number of nitrogens with zero attached hydrogens (tertiary/aromatic N) is 1.